The van der Waals surface area contributed by atoms with Crippen LogP contribution in [0.2, 0.25) is 5.02 Å². The summed E-state index contributed by atoms with van der Waals surface area (Å²) in [7, 11) is -4.11. The van der Waals surface area contributed by atoms with E-state index in [1.54, 1.807) is 36.7 Å². The highest BCUT2D eigenvalue weighted by Gasteiger charge is 2.40. The lowest BCUT2D eigenvalue weighted by Gasteiger charge is -2.43. The second kappa shape index (κ2) is 10.3. The first-order valence-electron chi connectivity index (χ1n) is 12.1. The first kappa shape index (κ1) is 25.4. The van der Waals surface area contributed by atoms with Crippen LogP contribution in [0.4, 0.5) is 5.69 Å². The van der Waals surface area contributed by atoms with Gasteiger partial charge in [0.15, 0.2) is 0 Å². The quantitative estimate of drug-likeness (QED) is 0.467. The SMILES string of the molecule is O=C([O-])[C@H]1CN(S(=O)(=O)c2ccc3cc(Cl)ccc3c2)CC(=O)N1CC1CCN(c2ccncc2)CC1. The van der Waals surface area contributed by atoms with Gasteiger partial charge < -0.3 is 19.7 Å². The van der Waals surface area contributed by atoms with Gasteiger partial charge in [-0.25, -0.2) is 8.42 Å². The van der Waals surface area contributed by atoms with Crippen molar-refractivity contribution in [2.75, 3.05) is 37.6 Å². The molecule has 0 spiro atoms. The van der Waals surface area contributed by atoms with E-state index in [1.165, 1.54) is 17.0 Å². The Kier molecular flexibility index (Phi) is 7.06. The van der Waals surface area contributed by atoms with Gasteiger partial charge in [-0.05, 0) is 65.9 Å². The van der Waals surface area contributed by atoms with E-state index in [0.29, 0.717) is 10.4 Å². The number of carboxylic acids is 1. The number of piperazine rings is 1. The zero-order chi connectivity index (χ0) is 26.2. The Bertz CT molecular complexity index is 1430. The molecule has 0 unspecified atom stereocenters. The summed E-state index contributed by atoms with van der Waals surface area (Å²) in [6.07, 6.45) is 5.06. The number of pyridine rings is 1. The minimum atomic E-state index is -4.11. The van der Waals surface area contributed by atoms with Gasteiger partial charge in [0, 0.05) is 49.3 Å². The summed E-state index contributed by atoms with van der Waals surface area (Å²) < 4.78 is 27.7. The van der Waals surface area contributed by atoms with Crippen LogP contribution < -0.4 is 10.0 Å². The predicted molar refractivity (Wildman–Crippen MR) is 137 cm³/mol. The molecule has 2 aliphatic heterocycles. The number of benzene rings is 2. The van der Waals surface area contributed by atoms with Crippen molar-refractivity contribution in [3.8, 4) is 0 Å². The number of fused-ring (bicyclic) bond motifs is 1. The van der Waals surface area contributed by atoms with Gasteiger partial charge in [0.05, 0.1) is 23.5 Å². The van der Waals surface area contributed by atoms with Crippen LogP contribution in [0.5, 0.6) is 0 Å². The average molecular weight is 542 g/mol. The second-order valence-electron chi connectivity index (χ2n) is 9.47. The average Bonchev–Trinajstić information content (AvgIpc) is 2.90. The van der Waals surface area contributed by atoms with Gasteiger partial charge in [-0.1, -0.05) is 23.7 Å². The molecular weight excluding hydrogens is 516 g/mol. The largest absolute Gasteiger partial charge is 0.548 e. The minimum Gasteiger partial charge on any atom is -0.548 e. The lowest BCUT2D eigenvalue weighted by molar-refractivity contribution is -0.312. The maximum Gasteiger partial charge on any atom is 0.243 e. The van der Waals surface area contributed by atoms with Crippen LogP contribution in [0.15, 0.2) is 65.8 Å². The molecule has 5 rings (SSSR count). The molecule has 37 heavy (non-hydrogen) atoms. The third kappa shape index (κ3) is 5.27. The molecular formula is C26H26ClN4O5S-. The van der Waals surface area contributed by atoms with Crippen LogP contribution >= 0.6 is 11.6 Å². The number of hydrogen-bond acceptors (Lipinski definition) is 7. The third-order valence-corrected chi connectivity index (χ3v) is 9.21. The molecule has 0 N–H and O–H groups in total. The van der Waals surface area contributed by atoms with Crippen molar-refractivity contribution < 1.29 is 23.1 Å². The number of carbonyl (C=O) groups excluding carboxylic acids is 2. The molecule has 2 saturated heterocycles. The number of rotatable bonds is 6. The van der Waals surface area contributed by atoms with E-state index >= 15 is 0 Å². The fourth-order valence-corrected chi connectivity index (χ4v) is 6.71. The number of carbonyl (C=O) groups is 2. The molecule has 3 heterocycles. The highest BCUT2D eigenvalue weighted by molar-refractivity contribution is 7.89. The van der Waals surface area contributed by atoms with Crippen molar-refractivity contribution in [1.82, 2.24) is 14.2 Å². The Balaban J connectivity index is 1.29. The van der Waals surface area contributed by atoms with Gasteiger partial charge in [0.1, 0.15) is 0 Å². The Hall–Kier alpha value is -3.21. The summed E-state index contributed by atoms with van der Waals surface area (Å²) in [4.78, 5) is 32.7. The standard InChI is InChI=1S/C26H27ClN4O5S/c27-21-3-1-20-14-23(4-2-19(20)13-21)37(35,36)30-16-24(26(33)34)31(25(32)17-30)15-18-7-11-29(12-8-18)22-5-9-28-10-6-22/h1-6,9-10,13-14,18,24H,7-8,11-12,15-17H2,(H,33,34)/p-1/t24-/m1/s1. The highest BCUT2D eigenvalue weighted by Crippen LogP contribution is 2.28. The van der Waals surface area contributed by atoms with Gasteiger partial charge in [0.25, 0.3) is 0 Å². The number of nitrogens with zero attached hydrogens (tertiary/aromatic N) is 4. The van der Waals surface area contributed by atoms with Crippen molar-refractivity contribution in [2.24, 2.45) is 5.92 Å². The molecule has 0 aliphatic carbocycles. The molecule has 0 radical (unpaired) electrons. The lowest BCUT2D eigenvalue weighted by atomic mass is 9.94. The fraction of sp³-hybridized carbons (Fsp3) is 0.346. The summed E-state index contributed by atoms with van der Waals surface area (Å²) in [5, 5.41) is 14.0. The van der Waals surface area contributed by atoms with Crippen LogP contribution in [0.25, 0.3) is 10.8 Å². The Morgan fingerprint density at radius 3 is 2.41 bits per heavy atom. The fourth-order valence-electron chi connectivity index (χ4n) is 5.10. The van der Waals surface area contributed by atoms with Gasteiger partial charge >= 0.3 is 0 Å². The van der Waals surface area contributed by atoms with Crippen molar-refractivity contribution in [3.05, 3.63) is 65.9 Å². The smallest absolute Gasteiger partial charge is 0.243 e. The molecule has 9 nitrogen and oxygen atoms in total. The normalized spacial score (nSPS) is 19.9. The zero-order valence-electron chi connectivity index (χ0n) is 20.0. The maximum absolute atomic E-state index is 13.4. The van der Waals surface area contributed by atoms with E-state index in [0.717, 1.165) is 41.3 Å². The number of aliphatic carboxylic acids is 1. The van der Waals surface area contributed by atoms with Gasteiger partial charge in [-0.15, -0.1) is 0 Å². The maximum atomic E-state index is 13.4. The molecule has 2 aromatic carbocycles. The van der Waals surface area contributed by atoms with Crippen molar-refractivity contribution in [2.45, 2.75) is 23.8 Å². The number of sulfonamides is 1. The summed E-state index contributed by atoms with van der Waals surface area (Å²) in [5.41, 5.74) is 1.08. The molecule has 1 atom stereocenters. The number of carboxylic acid groups (broad SMARTS) is 1. The molecule has 1 amide bonds. The zero-order valence-corrected chi connectivity index (χ0v) is 21.6. The summed E-state index contributed by atoms with van der Waals surface area (Å²) in [6, 6.07) is 12.2. The van der Waals surface area contributed by atoms with E-state index in [1.807, 2.05) is 12.1 Å². The van der Waals surface area contributed by atoms with Crippen molar-refractivity contribution in [1.29, 1.82) is 0 Å². The number of hydrogen-bond donors (Lipinski definition) is 0. The van der Waals surface area contributed by atoms with E-state index in [-0.39, 0.29) is 23.9 Å². The van der Waals surface area contributed by atoms with Gasteiger partial charge in [-0.2, -0.15) is 4.31 Å². The van der Waals surface area contributed by atoms with E-state index in [2.05, 4.69) is 9.88 Å². The second-order valence-corrected chi connectivity index (χ2v) is 11.8. The number of anilines is 1. The Morgan fingerprint density at radius 2 is 1.70 bits per heavy atom. The number of amides is 1. The van der Waals surface area contributed by atoms with Crippen LogP contribution in [0.3, 0.4) is 0 Å². The molecule has 11 heteroatoms. The Morgan fingerprint density at radius 1 is 1.03 bits per heavy atom. The van der Waals surface area contributed by atoms with Crippen LogP contribution in [-0.2, 0) is 19.6 Å². The lowest BCUT2D eigenvalue weighted by Crippen LogP contribution is -2.64. The molecule has 1 aromatic heterocycles. The van der Waals surface area contributed by atoms with Gasteiger partial charge in [0.2, 0.25) is 15.9 Å². The van der Waals surface area contributed by atoms with Gasteiger partial charge in [-0.3, -0.25) is 9.78 Å². The van der Waals surface area contributed by atoms with E-state index < -0.39 is 34.5 Å². The summed E-state index contributed by atoms with van der Waals surface area (Å²) in [5.74, 6) is -1.89. The summed E-state index contributed by atoms with van der Waals surface area (Å²) >= 11 is 6.02. The predicted octanol–water partition coefficient (Wildman–Crippen LogP) is 1.76. The summed E-state index contributed by atoms with van der Waals surface area (Å²) in [6.45, 7) is 1.04. The van der Waals surface area contributed by atoms with E-state index in [9.17, 15) is 23.1 Å². The molecule has 194 valence electrons. The monoisotopic (exact) mass is 541 g/mol. The number of aromatic nitrogens is 1. The molecule has 2 fully saturated rings. The van der Waals surface area contributed by atoms with Crippen molar-refractivity contribution >= 4 is 50.0 Å². The van der Waals surface area contributed by atoms with Crippen LogP contribution in [0, 0.1) is 5.92 Å². The highest BCUT2D eigenvalue weighted by atomic mass is 35.5. The first-order valence-corrected chi connectivity index (χ1v) is 13.9. The molecule has 2 aliphatic rings. The van der Waals surface area contributed by atoms with Crippen molar-refractivity contribution in [3.63, 3.8) is 0 Å². The number of piperidine rings is 1. The molecule has 3 aromatic rings. The topological polar surface area (TPSA) is 114 Å². The minimum absolute atomic E-state index is 0.0100. The van der Waals surface area contributed by atoms with Crippen LogP contribution in [-0.4, -0.2) is 73.2 Å². The Labute approximate surface area is 220 Å². The molecule has 0 saturated carbocycles. The third-order valence-electron chi connectivity index (χ3n) is 7.17. The number of halogens is 1. The van der Waals surface area contributed by atoms with E-state index in [4.69, 9.17) is 11.6 Å². The molecule has 0 bridgehead atoms. The first-order chi connectivity index (χ1) is 17.7. The van der Waals surface area contributed by atoms with Crippen LogP contribution in [0.1, 0.15) is 12.8 Å².